The quantitative estimate of drug-likeness (QED) is 0.751. The van der Waals surface area contributed by atoms with E-state index >= 15 is 0 Å². The Morgan fingerprint density at radius 2 is 1.88 bits per heavy atom. The number of nitrogens with one attached hydrogen (secondary N) is 1. The molecule has 24 heavy (non-hydrogen) atoms. The Morgan fingerprint density at radius 3 is 2.62 bits per heavy atom. The maximum atomic E-state index is 13.7. The highest BCUT2D eigenvalue weighted by atomic mass is 19.1. The predicted molar refractivity (Wildman–Crippen MR) is 92.1 cm³/mol. The molecule has 1 unspecified atom stereocenters. The number of anilines is 1. The summed E-state index contributed by atoms with van der Waals surface area (Å²) in [5.74, 6) is 0.316. The van der Waals surface area contributed by atoms with E-state index in [1.54, 1.807) is 19.1 Å². The van der Waals surface area contributed by atoms with Crippen molar-refractivity contribution in [2.45, 2.75) is 13.0 Å². The fourth-order valence-corrected chi connectivity index (χ4v) is 2.36. The van der Waals surface area contributed by atoms with E-state index in [4.69, 9.17) is 0 Å². The van der Waals surface area contributed by atoms with Gasteiger partial charge in [0.05, 0.1) is 11.8 Å². The second kappa shape index (κ2) is 7.19. The fourth-order valence-electron chi connectivity index (χ4n) is 2.36. The van der Waals surface area contributed by atoms with Gasteiger partial charge < -0.3 is 10.4 Å². The number of aryl methyl sites for hydroxylation is 1. The van der Waals surface area contributed by atoms with Crippen molar-refractivity contribution in [2.24, 2.45) is 0 Å². The highest BCUT2D eigenvalue weighted by Gasteiger charge is 2.08. The second-order valence-corrected chi connectivity index (χ2v) is 5.56. The molecule has 0 spiro atoms. The van der Waals surface area contributed by atoms with Crippen LogP contribution in [-0.2, 0) is 0 Å². The van der Waals surface area contributed by atoms with E-state index in [0.717, 1.165) is 5.56 Å². The molecule has 0 saturated carbocycles. The standard InChI is InChI=1S/C19H18FN3O/c1-13-7-8-15(9-16(13)20)17-10-19(23-12-22-17)21-11-18(24)14-5-3-2-4-6-14/h2-10,12,18,24H,11H2,1H3,(H,21,22,23). The van der Waals surface area contributed by atoms with Crippen LogP contribution in [0.4, 0.5) is 10.2 Å². The summed E-state index contributed by atoms with van der Waals surface area (Å²) in [7, 11) is 0. The summed E-state index contributed by atoms with van der Waals surface area (Å²) in [4.78, 5) is 8.33. The number of halogens is 1. The van der Waals surface area contributed by atoms with Gasteiger partial charge in [-0.3, -0.25) is 0 Å². The summed E-state index contributed by atoms with van der Waals surface area (Å²) in [6.45, 7) is 2.04. The number of hydrogen-bond acceptors (Lipinski definition) is 4. The predicted octanol–water partition coefficient (Wildman–Crippen LogP) is 3.74. The molecular formula is C19H18FN3O. The number of aliphatic hydroxyl groups is 1. The number of benzene rings is 2. The van der Waals surface area contributed by atoms with Crippen molar-refractivity contribution in [1.82, 2.24) is 9.97 Å². The molecule has 0 fully saturated rings. The maximum absolute atomic E-state index is 13.7. The van der Waals surface area contributed by atoms with Crippen molar-refractivity contribution in [3.8, 4) is 11.3 Å². The first-order valence-electron chi connectivity index (χ1n) is 7.69. The monoisotopic (exact) mass is 323 g/mol. The number of hydrogen-bond donors (Lipinski definition) is 2. The molecule has 1 heterocycles. The zero-order chi connectivity index (χ0) is 16.9. The molecular weight excluding hydrogens is 305 g/mol. The van der Waals surface area contributed by atoms with Crippen LogP contribution in [0.1, 0.15) is 17.2 Å². The van der Waals surface area contributed by atoms with Gasteiger partial charge in [0.1, 0.15) is 18.0 Å². The third-order valence-corrected chi connectivity index (χ3v) is 3.80. The van der Waals surface area contributed by atoms with Crippen LogP contribution in [-0.4, -0.2) is 21.6 Å². The van der Waals surface area contributed by atoms with Crippen molar-refractivity contribution in [3.05, 3.63) is 77.9 Å². The highest BCUT2D eigenvalue weighted by molar-refractivity contribution is 5.62. The molecule has 0 amide bonds. The number of nitrogens with zero attached hydrogens (tertiary/aromatic N) is 2. The van der Waals surface area contributed by atoms with Gasteiger partial charge in [-0.15, -0.1) is 0 Å². The molecule has 0 saturated heterocycles. The molecule has 1 atom stereocenters. The van der Waals surface area contributed by atoms with Gasteiger partial charge in [-0.05, 0) is 24.1 Å². The lowest BCUT2D eigenvalue weighted by molar-refractivity contribution is 0.191. The van der Waals surface area contributed by atoms with E-state index in [1.165, 1.54) is 12.4 Å². The lowest BCUT2D eigenvalue weighted by Gasteiger charge is -2.13. The molecule has 0 aliphatic heterocycles. The first-order valence-corrected chi connectivity index (χ1v) is 7.69. The van der Waals surface area contributed by atoms with Crippen LogP contribution in [0.15, 0.2) is 60.9 Å². The summed E-state index contributed by atoms with van der Waals surface area (Å²) in [6.07, 6.45) is 0.783. The van der Waals surface area contributed by atoms with Crippen LogP contribution >= 0.6 is 0 Å². The molecule has 5 heteroatoms. The largest absolute Gasteiger partial charge is 0.387 e. The molecule has 4 nitrogen and oxygen atoms in total. The summed E-state index contributed by atoms with van der Waals surface area (Å²) in [5.41, 5.74) is 2.74. The number of aromatic nitrogens is 2. The summed E-state index contributed by atoms with van der Waals surface area (Å²) < 4.78 is 13.7. The van der Waals surface area contributed by atoms with Gasteiger partial charge in [-0.2, -0.15) is 0 Å². The van der Waals surface area contributed by atoms with Crippen LogP contribution in [0.5, 0.6) is 0 Å². The fraction of sp³-hybridized carbons (Fsp3) is 0.158. The van der Waals surface area contributed by atoms with Crippen LogP contribution in [0.3, 0.4) is 0 Å². The molecule has 2 N–H and O–H groups in total. The zero-order valence-electron chi connectivity index (χ0n) is 13.3. The Bertz CT molecular complexity index is 824. The normalized spacial score (nSPS) is 12.0. The van der Waals surface area contributed by atoms with Gasteiger partial charge in [0, 0.05) is 18.2 Å². The number of rotatable bonds is 5. The van der Waals surface area contributed by atoms with Crippen LogP contribution in [0.2, 0.25) is 0 Å². The SMILES string of the molecule is Cc1ccc(-c2cc(NCC(O)c3ccccc3)ncn2)cc1F. The molecule has 1 aromatic heterocycles. The van der Waals surface area contributed by atoms with E-state index < -0.39 is 6.10 Å². The van der Waals surface area contributed by atoms with Gasteiger partial charge >= 0.3 is 0 Å². The Kier molecular flexibility index (Phi) is 4.82. The third-order valence-electron chi connectivity index (χ3n) is 3.80. The Balaban J connectivity index is 1.72. The van der Waals surface area contributed by atoms with Crippen molar-refractivity contribution in [1.29, 1.82) is 0 Å². The first-order chi connectivity index (χ1) is 11.6. The maximum Gasteiger partial charge on any atom is 0.130 e. The first kappa shape index (κ1) is 16.1. The minimum Gasteiger partial charge on any atom is -0.387 e. The zero-order valence-corrected chi connectivity index (χ0v) is 13.3. The van der Waals surface area contributed by atoms with Crippen molar-refractivity contribution >= 4 is 5.82 Å². The third kappa shape index (κ3) is 3.75. The van der Waals surface area contributed by atoms with E-state index in [1.807, 2.05) is 36.4 Å². The summed E-state index contributed by atoms with van der Waals surface area (Å²) >= 11 is 0. The minimum atomic E-state index is -0.638. The Morgan fingerprint density at radius 1 is 1.08 bits per heavy atom. The summed E-state index contributed by atoms with van der Waals surface area (Å²) in [5, 5.41) is 13.3. The molecule has 0 radical (unpaired) electrons. The summed E-state index contributed by atoms with van der Waals surface area (Å²) in [6, 6.07) is 16.1. The molecule has 3 aromatic rings. The average Bonchev–Trinajstić information content (AvgIpc) is 2.63. The smallest absolute Gasteiger partial charge is 0.130 e. The van der Waals surface area contributed by atoms with E-state index in [-0.39, 0.29) is 5.82 Å². The second-order valence-electron chi connectivity index (χ2n) is 5.56. The topological polar surface area (TPSA) is 58.0 Å². The van der Waals surface area contributed by atoms with E-state index in [2.05, 4.69) is 15.3 Å². The van der Waals surface area contributed by atoms with E-state index in [0.29, 0.717) is 29.2 Å². The molecule has 122 valence electrons. The van der Waals surface area contributed by atoms with Gasteiger partial charge in [0.2, 0.25) is 0 Å². The average molecular weight is 323 g/mol. The van der Waals surface area contributed by atoms with Gasteiger partial charge in [0.25, 0.3) is 0 Å². The van der Waals surface area contributed by atoms with Crippen LogP contribution < -0.4 is 5.32 Å². The van der Waals surface area contributed by atoms with Gasteiger partial charge in [-0.1, -0.05) is 42.5 Å². The minimum absolute atomic E-state index is 0.264. The Labute approximate surface area is 140 Å². The van der Waals surface area contributed by atoms with Gasteiger partial charge in [-0.25, -0.2) is 14.4 Å². The molecule has 3 rings (SSSR count). The van der Waals surface area contributed by atoms with Crippen molar-refractivity contribution < 1.29 is 9.50 Å². The lowest BCUT2D eigenvalue weighted by Crippen LogP contribution is -2.13. The molecule has 0 bridgehead atoms. The Hall–Kier alpha value is -2.79. The lowest BCUT2D eigenvalue weighted by atomic mass is 10.1. The molecule has 0 aliphatic rings. The van der Waals surface area contributed by atoms with E-state index in [9.17, 15) is 9.50 Å². The molecule has 0 aliphatic carbocycles. The highest BCUT2D eigenvalue weighted by Crippen LogP contribution is 2.21. The van der Waals surface area contributed by atoms with Crippen molar-refractivity contribution in [2.75, 3.05) is 11.9 Å². The van der Waals surface area contributed by atoms with Crippen LogP contribution in [0, 0.1) is 12.7 Å². The molecule has 2 aromatic carbocycles. The van der Waals surface area contributed by atoms with Crippen molar-refractivity contribution in [3.63, 3.8) is 0 Å². The van der Waals surface area contributed by atoms with Crippen LogP contribution in [0.25, 0.3) is 11.3 Å². The van der Waals surface area contributed by atoms with Gasteiger partial charge in [0.15, 0.2) is 0 Å². The number of aliphatic hydroxyl groups excluding tert-OH is 1.